The molecule has 112 valence electrons. The van der Waals surface area contributed by atoms with Gasteiger partial charge in [-0.2, -0.15) is 0 Å². The Kier molecular flexibility index (Phi) is 4.69. The average Bonchev–Trinajstić information content (AvgIpc) is 2.46. The summed E-state index contributed by atoms with van der Waals surface area (Å²) in [5.41, 5.74) is 9.22. The molecular formula is C19H25NO. The molecule has 0 bridgehead atoms. The molecule has 1 N–H and O–H groups in total. The fourth-order valence-corrected chi connectivity index (χ4v) is 2.91. The van der Waals surface area contributed by atoms with E-state index in [-0.39, 0.29) is 0 Å². The van der Waals surface area contributed by atoms with E-state index in [0.717, 1.165) is 12.3 Å². The molecule has 0 aliphatic carbocycles. The van der Waals surface area contributed by atoms with Crippen LogP contribution in [0.5, 0.6) is 5.75 Å². The van der Waals surface area contributed by atoms with Gasteiger partial charge in [0.05, 0.1) is 7.11 Å². The minimum atomic E-state index is 0.805. The smallest absolute Gasteiger partial charge is 0.123 e. The van der Waals surface area contributed by atoms with Crippen molar-refractivity contribution < 1.29 is 4.74 Å². The number of nitrogens with one attached hydrogen (secondary N) is 1. The first-order valence-electron chi connectivity index (χ1n) is 7.38. The van der Waals surface area contributed by atoms with Gasteiger partial charge in [-0.15, -0.1) is 0 Å². The molecule has 0 unspecified atom stereocenters. The highest BCUT2D eigenvalue weighted by molar-refractivity contribution is 5.74. The van der Waals surface area contributed by atoms with Crippen LogP contribution in [0, 0.1) is 27.7 Å². The SMILES string of the molecule is CNCc1cc(-c2c(C)c(C)cc(C)c2C)ccc1OC. The topological polar surface area (TPSA) is 21.3 Å². The number of rotatable bonds is 4. The number of hydrogen-bond acceptors (Lipinski definition) is 2. The van der Waals surface area contributed by atoms with Crippen LogP contribution in [0.1, 0.15) is 27.8 Å². The van der Waals surface area contributed by atoms with Gasteiger partial charge >= 0.3 is 0 Å². The third-order valence-corrected chi connectivity index (χ3v) is 4.30. The molecule has 0 amide bonds. The Bertz CT molecular complexity index is 633. The predicted octanol–water partition coefficient (Wildman–Crippen LogP) is 4.32. The van der Waals surface area contributed by atoms with Crippen LogP contribution in [0.4, 0.5) is 0 Å². The largest absolute Gasteiger partial charge is 0.496 e. The third kappa shape index (κ3) is 2.96. The highest BCUT2D eigenvalue weighted by atomic mass is 16.5. The van der Waals surface area contributed by atoms with Crippen molar-refractivity contribution in [3.8, 4) is 16.9 Å². The van der Waals surface area contributed by atoms with Gasteiger partial charge in [-0.05, 0) is 80.3 Å². The number of benzene rings is 2. The first-order chi connectivity index (χ1) is 9.99. The van der Waals surface area contributed by atoms with Crippen LogP contribution in [0.25, 0.3) is 11.1 Å². The lowest BCUT2D eigenvalue weighted by molar-refractivity contribution is 0.408. The molecule has 0 aromatic heterocycles. The van der Waals surface area contributed by atoms with E-state index >= 15 is 0 Å². The number of ether oxygens (including phenoxy) is 1. The van der Waals surface area contributed by atoms with Gasteiger partial charge < -0.3 is 10.1 Å². The van der Waals surface area contributed by atoms with E-state index in [2.05, 4.69) is 57.3 Å². The number of hydrogen-bond donors (Lipinski definition) is 1. The summed E-state index contributed by atoms with van der Waals surface area (Å²) in [5, 5.41) is 3.21. The Morgan fingerprint density at radius 1 is 0.952 bits per heavy atom. The molecule has 2 rings (SSSR count). The van der Waals surface area contributed by atoms with Gasteiger partial charge in [-0.3, -0.25) is 0 Å². The van der Waals surface area contributed by atoms with E-state index in [1.165, 1.54) is 38.9 Å². The molecule has 21 heavy (non-hydrogen) atoms. The molecule has 2 aromatic carbocycles. The highest BCUT2D eigenvalue weighted by Gasteiger charge is 2.12. The van der Waals surface area contributed by atoms with Crippen molar-refractivity contribution >= 4 is 0 Å². The number of aryl methyl sites for hydroxylation is 2. The van der Waals surface area contributed by atoms with Crippen molar-refractivity contribution in [3.05, 3.63) is 52.1 Å². The summed E-state index contributed by atoms with van der Waals surface area (Å²) in [5.74, 6) is 0.938. The summed E-state index contributed by atoms with van der Waals surface area (Å²) < 4.78 is 5.46. The van der Waals surface area contributed by atoms with Crippen LogP contribution in [0.2, 0.25) is 0 Å². The van der Waals surface area contributed by atoms with Crippen molar-refractivity contribution in [2.45, 2.75) is 34.2 Å². The highest BCUT2D eigenvalue weighted by Crippen LogP contribution is 2.34. The first kappa shape index (κ1) is 15.6. The van der Waals surface area contributed by atoms with Gasteiger partial charge in [-0.1, -0.05) is 12.1 Å². The van der Waals surface area contributed by atoms with Gasteiger partial charge in [-0.25, -0.2) is 0 Å². The summed E-state index contributed by atoms with van der Waals surface area (Å²) in [4.78, 5) is 0. The van der Waals surface area contributed by atoms with Crippen LogP contribution < -0.4 is 10.1 Å². The summed E-state index contributed by atoms with van der Waals surface area (Å²) in [7, 11) is 3.68. The fraction of sp³-hybridized carbons (Fsp3) is 0.368. The summed E-state index contributed by atoms with van der Waals surface area (Å²) in [6, 6.07) is 8.74. The third-order valence-electron chi connectivity index (χ3n) is 4.30. The second kappa shape index (κ2) is 6.31. The molecule has 0 aliphatic rings. The van der Waals surface area contributed by atoms with Crippen molar-refractivity contribution in [1.82, 2.24) is 5.32 Å². The van der Waals surface area contributed by atoms with Crippen LogP contribution in [-0.2, 0) is 6.54 Å². The van der Waals surface area contributed by atoms with Gasteiger partial charge in [0.25, 0.3) is 0 Å². The van der Waals surface area contributed by atoms with E-state index in [0.29, 0.717) is 0 Å². The van der Waals surface area contributed by atoms with Crippen LogP contribution in [-0.4, -0.2) is 14.2 Å². The number of methoxy groups -OCH3 is 1. The van der Waals surface area contributed by atoms with E-state index in [4.69, 9.17) is 4.74 Å². The zero-order chi connectivity index (χ0) is 15.6. The molecule has 0 radical (unpaired) electrons. The fourth-order valence-electron chi connectivity index (χ4n) is 2.91. The van der Waals surface area contributed by atoms with Gasteiger partial charge in [0.1, 0.15) is 5.75 Å². The second-order valence-electron chi connectivity index (χ2n) is 5.69. The van der Waals surface area contributed by atoms with Gasteiger partial charge in [0.15, 0.2) is 0 Å². The Morgan fingerprint density at radius 2 is 1.57 bits per heavy atom. The summed E-state index contributed by atoms with van der Waals surface area (Å²) in [6.45, 7) is 9.59. The van der Waals surface area contributed by atoms with Crippen LogP contribution >= 0.6 is 0 Å². The quantitative estimate of drug-likeness (QED) is 0.902. The zero-order valence-electron chi connectivity index (χ0n) is 13.9. The van der Waals surface area contributed by atoms with E-state index in [1.807, 2.05) is 7.05 Å². The molecule has 0 spiro atoms. The average molecular weight is 283 g/mol. The summed E-state index contributed by atoms with van der Waals surface area (Å²) >= 11 is 0. The molecule has 0 heterocycles. The lowest BCUT2D eigenvalue weighted by Gasteiger charge is -2.17. The minimum absolute atomic E-state index is 0.805. The Labute approximate surface area is 128 Å². The minimum Gasteiger partial charge on any atom is -0.496 e. The molecule has 0 saturated carbocycles. The van der Waals surface area contributed by atoms with Crippen LogP contribution in [0.15, 0.2) is 24.3 Å². The van der Waals surface area contributed by atoms with E-state index in [9.17, 15) is 0 Å². The Morgan fingerprint density at radius 3 is 2.10 bits per heavy atom. The van der Waals surface area contributed by atoms with Crippen molar-refractivity contribution in [1.29, 1.82) is 0 Å². The summed E-state index contributed by atoms with van der Waals surface area (Å²) in [6.07, 6.45) is 0. The molecule has 0 atom stereocenters. The maximum absolute atomic E-state index is 5.46. The van der Waals surface area contributed by atoms with Crippen molar-refractivity contribution in [3.63, 3.8) is 0 Å². The van der Waals surface area contributed by atoms with Gasteiger partial charge in [0.2, 0.25) is 0 Å². The molecule has 2 heteroatoms. The standard InChI is InChI=1S/C19H25NO/c1-12-9-13(2)15(4)19(14(12)3)16-7-8-18(21-6)17(10-16)11-20-5/h7-10,20H,11H2,1-6H3. The molecule has 0 fully saturated rings. The van der Waals surface area contributed by atoms with E-state index < -0.39 is 0 Å². The van der Waals surface area contributed by atoms with Crippen molar-refractivity contribution in [2.75, 3.05) is 14.2 Å². The van der Waals surface area contributed by atoms with E-state index in [1.54, 1.807) is 7.11 Å². The molecule has 2 aromatic rings. The maximum Gasteiger partial charge on any atom is 0.123 e. The molecular weight excluding hydrogens is 258 g/mol. The zero-order valence-corrected chi connectivity index (χ0v) is 13.9. The second-order valence-corrected chi connectivity index (χ2v) is 5.69. The van der Waals surface area contributed by atoms with Gasteiger partial charge in [0, 0.05) is 12.1 Å². The molecule has 2 nitrogen and oxygen atoms in total. The maximum atomic E-state index is 5.46. The van der Waals surface area contributed by atoms with Crippen molar-refractivity contribution in [2.24, 2.45) is 0 Å². The Hall–Kier alpha value is -1.80. The first-order valence-corrected chi connectivity index (χ1v) is 7.38. The predicted molar refractivity (Wildman–Crippen MR) is 90.1 cm³/mol. The monoisotopic (exact) mass is 283 g/mol. The molecule has 0 aliphatic heterocycles. The lowest BCUT2D eigenvalue weighted by Crippen LogP contribution is -2.07. The van der Waals surface area contributed by atoms with Crippen LogP contribution in [0.3, 0.4) is 0 Å². The normalized spacial score (nSPS) is 10.8. The lowest BCUT2D eigenvalue weighted by atomic mass is 9.89. The Balaban J connectivity index is 2.65. The molecule has 0 saturated heterocycles.